The molecule has 1 N–H and O–H groups in total. The zero-order chi connectivity index (χ0) is 5.56. The molecule has 2 atom stereocenters. The lowest BCUT2D eigenvalue weighted by atomic mass is 10.1. The molecule has 2 unspecified atom stereocenters. The van der Waals surface area contributed by atoms with E-state index in [0.29, 0.717) is 17.7 Å². The molecule has 2 bridgehead atoms. The van der Waals surface area contributed by atoms with Crippen molar-refractivity contribution in [2.24, 2.45) is 5.92 Å². The molecule has 1 saturated carbocycles. The molecule has 0 aromatic heterocycles. The number of Topliss-reactive ketones (excluding diaryl/α,β-unsaturated/α-hetero) is 1. The minimum Gasteiger partial charge on any atom is -0.313 e. The van der Waals surface area contributed by atoms with Crippen LogP contribution in [-0.2, 0) is 4.79 Å². The normalized spacial score (nSPS) is 38.9. The van der Waals surface area contributed by atoms with E-state index in [1.165, 1.54) is 0 Å². The molecule has 52 valence electrons. The Balaban J connectivity index is 0.000000405. The first kappa shape index (κ1) is 7.03. The Bertz CT molecular complexity index is 137. The number of carbonyl (C=O) groups excluding carboxylic acids is 1. The molecule has 1 heterocycles. The van der Waals surface area contributed by atoms with Crippen LogP contribution >= 0.6 is 12.4 Å². The van der Waals surface area contributed by atoms with Crippen LogP contribution < -0.4 is 5.32 Å². The average Bonchev–Trinajstić information content (AvgIpc) is 2.23. The Morgan fingerprint density at radius 2 is 2.33 bits per heavy atom. The molecule has 0 aromatic rings. The van der Waals surface area contributed by atoms with Crippen LogP contribution in [0.4, 0.5) is 0 Å². The van der Waals surface area contributed by atoms with E-state index in [0.717, 1.165) is 19.4 Å². The number of rotatable bonds is 0. The minimum atomic E-state index is 0. The van der Waals surface area contributed by atoms with Gasteiger partial charge in [0.25, 0.3) is 0 Å². The van der Waals surface area contributed by atoms with Gasteiger partial charge in [0.1, 0.15) is 5.78 Å². The second-order valence-electron chi connectivity index (χ2n) is 2.71. The average molecular weight is 148 g/mol. The Labute approximate surface area is 60.4 Å². The van der Waals surface area contributed by atoms with Crippen LogP contribution in [0.2, 0.25) is 0 Å². The van der Waals surface area contributed by atoms with Crippen LogP contribution in [0.15, 0.2) is 0 Å². The molecule has 2 aliphatic rings. The van der Waals surface area contributed by atoms with Crippen molar-refractivity contribution >= 4 is 18.2 Å². The summed E-state index contributed by atoms with van der Waals surface area (Å²) in [5, 5.41) is 3.27. The van der Waals surface area contributed by atoms with Crippen molar-refractivity contribution in [2.75, 3.05) is 6.54 Å². The monoisotopic (exact) mass is 147 g/mol. The third kappa shape index (κ3) is 0.970. The van der Waals surface area contributed by atoms with Crippen LogP contribution in [0.5, 0.6) is 0 Å². The van der Waals surface area contributed by atoms with Crippen LogP contribution in [0.1, 0.15) is 12.8 Å². The number of piperidine rings is 1. The summed E-state index contributed by atoms with van der Waals surface area (Å²) in [6, 6.07) is 0.549. The fraction of sp³-hybridized carbons (Fsp3) is 0.833. The molecule has 2 fully saturated rings. The number of hydrogen-bond donors (Lipinski definition) is 1. The second kappa shape index (κ2) is 2.27. The Kier molecular flexibility index (Phi) is 1.78. The third-order valence-corrected chi connectivity index (χ3v) is 2.12. The summed E-state index contributed by atoms with van der Waals surface area (Å²) in [7, 11) is 0. The summed E-state index contributed by atoms with van der Waals surface area (Å²) in [5.41, 5.74) is 0. The Morgan fingerprint density at radius 1 is 1.56 bits per heavy atom. The van der Waals surface area contributed by atoms with Crippen molar-refractivity contribution < 1.29 is 4.79 Å². The Hall–Kier alpha value is -0.0800. The van der Waals surface area contributed by atoms with E-state index >= 15 is 0 Å². The maximum Gasteiger partial charge on any atom is 0.138 e. The van der Waals surface area contributed by atoms with E-state index in [1.807, 2.05) is 0 Å². The summed E-state index contributed by atoms with van der Waals surface area (Å²) in [5.74, 6) is 0.869. The molecular formula is C6H10ClNO. The second-order valence-corrected chi connectivity index (χ2v) is 2.71. The maximum atomic E-state index is 10.8. The van der Waals surface area contributed by atoms with Crippen molar-refractivity contribution in [3.05, 3.63) is 0 Å². The van der Waals surface area contributed by atoms with Crippen molar-refractivity contribution in [1.29, 1.82) is 0 Å². The van der Waals surface area contributed by atoms with Gasteiger partial charge in [-0.3, -0.25) is 4.79 Å². The van der Waals surface area contributed by atoms with Gasteiger partial charge in [-0.15, -0.1) is 12.4 Å². The van der Waals surface area contributed by atoms with E-state index in [-0.39, 0.29) is 12.4 Å². The van der Waals surface area contributed by atoms with Gasteiger partial charge in [0, 0.05) is 24.9 Å². The van der Waals surface area contributed by atoms with Gasteiger partial charge in [-0.2, -0.15) is 0 Å². The van der Waals surface area contributed by atoms with E-state index in [4.69, 9.17) is 0 Å². The van der Waals surface area contributed by atoms with E-state index < -0.39 is 0 Å². The van der Waals surface area contributed by atoms with Gasteiger partial charge in [0.05, 0.1) is 0 Å². The first-order valence-electron chi connectivity index (χ1n) is 3.12. The van der Waals surface area contributed by atoms with Crippen molar-refractivity contribution in [3.63, 3.8) is 0 Å². The molecule has 3 heteroatoms. The molecule has 0 radical (unpaired) electrons. The SMILES string of the molecule is Cl.O=C1CC2CC1CN2. The number of carbonyl (C=O) groups is 1. The summed E-state index contributed by atoms with van der Waals surface area (Å²) < 4.78 is 0. The van der Waals surface area contributed by atoms with Crippen molar-refractivity contribution in [2.45, 2.75) is 18.9 Å². The lowest BCUT2D eigenvalue weighted by molar-refractivity contribution is -0.121. The zero-order valence-corrected chi connectivity index (χ0v) is 5.91. The Morgan fingerprint density at radius 3 is 2.56 bits per heavy atom. The molecule has 0 aromatic carbocycles. The first-order valence-corrected chi connectivity index (χ1v) is 3.12. The molecule has 1 aliphatic heterocycles. The number of halogens is 1. The van der Waals surface area contributed by atoms with Gasteiger partial charge in [-0.05, 0) is 6.42 Å². The highest BCUT2D eigenvalue weighted by atomic mass is 35.5. The van der Waals surface area contributed by atoms with Gasteiger partial charge < -0.3 is 5.32 Å². The quantitative estimate of drug-likeness (QED) is 0.536. The van der Waals surface area contributed by atoms with Crippen LogP contribution in [-0.4, -0.2) is 18.4 Å². The fourth-order valence-corrected chi connectivity index (χ4v) is 1.63. The highest BCUT2D eigenvalue weighted by molar-refractivity contribution is 5.85. The van der Waals surface area contributed by atoms with Crippen LogP contribution in [0.25, 0.3) is 0 Å². The van der Waals surface area contributed by atoms with Crippen molar-refractivity contribution in [3.8, 4) is 0 Å². The number of hydrogen-bond acceptors (Lipinski definition) is 2. The fourth-order valence-electron chi connectivity index (χ4n) is 1.63. The minimum absolute atomic E-state index is 0. The molecule has 2 nitrogen and oxygen atoms in total. The van der Waals surface area contributed by atoms with Gasteiger partial charge >= 0.3 is 0 Å². The lowest BCUT2D eigenvalue weighted by Gasteiger charge is -2.07. The third-order valence-electron chi connectivity index (χ3n) is 2.12. The van der Waals surface area contributed by atoms with E-state index in [9.17, 15) is 4.79 Å². The number of fused-ring (bicyclic) bond motifs is 2. The smallest absolute Gasteiger partial charge is 0.138 e. The molecule has 9 heavy (non-hydrogen) atoms. The highest BCUT2D eigenvalue weighted by Crippen LogP contribution is 2.26. The first-order chi connectivity index (χ1) is 3.86. The largest absolute Gasteiger partial charge is 0.313 e. The van der Waals surface area contributed by atoms with E-state index in [1.54, 1.807) is 0 Å². The predicted molar refractivity (Wildman–Crippen MR) is 36.8 cm³/mol. The van der Waals surface area contributed by atoms with Gasteiger partial charge in [0.15, 0.2) is 0 Å². The predicted octanol–water partition coefficient (Wildman–Crippen LogP) is 0.359. The lowest BCUT2D eigenvalue weighted by Crippen LogP contribution is -2.29. The summed E-state index contributed by atoms with van der Waals surface area (Å²) >= 11 is 0. The molecule has 0 amide bonds. The van der Waals surface area contributed by atoms with Crippen molar-refractivity contribution in [1.82, 2.24) is 5.32 Å². The standard InChI is InChI=1S/C6H9NO.ClH/c8-6-2-5-1-4(6)3-7-5;/h4-5,7H,1-3H2;1H. The number of nitrogens with one attached hydrogen (secondary N) is 1. The zero-order valence-electron chi connectivity index (χ0n) is 5.09. The van der Waals surface area contributed by atoms with Crippen LogP contribution in [0.3, 0.4) is 0 Å². The summed E-state index contributed by atoms with van der Waals surface area (Å²) in [4.78, 5) is 10.8. The topological polar surface area (TPSA) is 29.1 Å². The molecule has 2 rings (SSSR count). The molecular weight excluding hydrogens is 138 g/mol. The van der Waals surface area contributed by atoms with E-state index in [2.05, 4.69) is 5.32 Å². The van der Waals surface area contributed by atoms with Gasteiger partial charge in [0.2, 0.25) is 0 Å². The van der Waals surface area contributed by atoms with Gasteiger partial charge in [-0.1, -0.05) is 0 Å². The summed E-state index contributed by atoms with van der Waals surface area (Å²) in [6.45, 7) is 0.948. The molecule has 1 aliphatic carbocycles. The number of ketones is 1. The van der Waals surface area contributed by atoms with Crippen LogP contribution in [0, 0.1) is 5.92 Å². The maximum absolute atomic E-state index is 10.8. The van der Waals surface area contributed by atoms with Gasteiger partial charge in [-0.25, -0.2) is 0 Å². The highest BCUT2D eigenvalue weighted by Gasteiger charge is 2.37. The molecule has 0 spiro atoms. The molecule has 1 saturated heterocycles. The summed E-state index contributed by atoms with van der Waals surface area (Å²) in [6.07, 6.45) is 1.91.